The number of carbonyl (C=O) groups excluding carboxylic acids is 1. The molecule has 0 radical (unpaired) electrons. The van der Waals surface area contributed by atoms with Gasteiger partial charge in [-0.2, -0.15) is 5.26 Å². The number of unbranched alkanes of at least 4 members (excludes halogenated alkanes) is 1. The van der Waals surface area contributed by atoms with Gasteiger partial charge >= 0.3 is 0 Å². The summed E-state index contributed by atoms with van der Waals surface area (Å²) >= 11 is 0. The van der Waals surface area contributed by atoms with Crippen LogP contribution in [0.3, 0.4) is 0 Å². The first-order chi connectivity index (χ1) is 5.22. The first-order valence-electron chi connectivity index (χ1n) is 3.83. The summed E-state index contributed by atoms with van der Waals surface area (Å²) in [4.78, 5) is 12.5. The Morgan fingerprint density at radius 3 is 2.73 bits per heavy atom. The van der Waals surface area contributed by atoms with Crippen LogP contribution in [0.1, 0.15) is 26.2 Å². The van der Waals surface area contributed by atoms with Gasteiger partial charge in [0.1, 0.15) is 6.54 Å². The second-order valence-corrected chi connectivity index (χ2v) is 2.51. The van der Waals surface area contributed by atoms with Gasteiger partial charge in [-0.15, -0.1) is 0 Å². The molecular formula is C8H14N2O. The quantitative estimate of drug-likeness (QED) is 0.570. The van der Waals surface area contributed by atoms with Crippen molar-refractivity contribution >= 4 is 5.91 Å². The van der Waals surface area contributed by atoms with E-state index in [9.17, 15) is 4.79 Å². The zero-order valence-corrected chi connectivity index (χ0v) is 7.13. The third-order valence-corrected chi connectivity index (χ3v) is 1.48. The molecule has 11 heavy (non-hydrogen) atoms. The van der Waals surface area contributed by atoms with Crippen molar-refractivity contribution in [1.82, 2.24) is 4.90 Å². The van der Waals surface area contributed by atoms with E-state index >= 15 is 0 Å². The molecule has 0 aromatic rings. The molecule has 0 rings (SSSR count). The molecule has 0 aliphatic heterocycles. The second-order valence-electron chi connectivity index (χ2n) is 2.51. The predicted octanol–water partition coefficient (Wildman–Crippen LogP) is 1.16. The fourth-order valence-electron chi connectivity index (χ4n) is 0.713. The summed E-state index contributed by atoms with van der Waals surface area (Å²) in [5.74, 6) is 0.0633. The molecule has 3 nitrogen and oxygen atoms in total. The topological polar surface area (TPSA) is 44.1 Å². The van der Waals surface area contributed by atoms with Gasteiger partial charge < -0.3 is 4.90 Å². The van der Waals surface area contributed by atoms with Gasteiger partial charge in [-0.05, 0) is 6.42 Å². The minimum absolute atomic E-state index is 0.0633. The Morgan fingerprint density at radius 2 is 2.27 bits per heavy atom. The highest BCUT2D eigenvalue weighted by molar-refractivity contribution is 5.75. The molecule has 0 unspecified atom stereocenters. The maximum Gasteiger partial charge on any atom is 0.223 e. The van der Waals surface area contributed by atoms with Crippen LogP contribution < -0.4 is 0 Å². The number of amides is 1. The van der Waals surface area contributed by atoms with Gasteiger partial charge in [0.25, 0.3) is 0 Å². The monoisotopic (exact) mass is 154 g/mol. The molecule has 0 aromatic heterocycles. The fourth-order valence-corrected chi connectivity index (χ4v) is 0.713. The lowest BCUT2D eigenvalue weighted by molar-refractivity contribution is -0.129. The van der Waals surface area contributed by atoms with Crippen LogP contribution in [0.15, 0.2) is 0 Å². The Balaban J connectivity index is 3.57. The molecule has 0 N–H and O–H groups in total. The normalized spacial score (nSPS) is 8.82. The molecule has 1 amide bonds. The third kappa shape index (κ3) is 4.38. The zero-order valence-electron chi connectivity index (χ0n) is 7.13. The summed E-state index contributed by atoms with van der Waals surface area (Å²) in [7, 11) is 1.65. The number of hydrogen-bond donors (Lipinski definition) is 0. The van der Waals surface area contributed by atoms with Crippen molar-refractivity contribution in [3.8, 4) is 6.07 Å². The van der Waals surface area contributed by atoms with Crippen molar-refractivity contribution in [3.63, 3.8) is 0 Å². The molecule has 3 heteroatoms. The zero-order chi connectivity index (χ0) is 8.69. The molecule has 0 atom stereocenters. The molecule has 0 spiro atoms. The highest BCUT2D eigenvalue weighted by Crippen LogP contribution is 1.97. The van der Waals surface area contributed by atoms with Crippen molar-refractivity contribution in [3.05, 3.63) is 0 Å². The molecule has 0 aliphatic carbocycles. The number of nitriles is 1. The molecule has 0 bridgehead atoms. The highest BCUT2D eigenvalue weighted by Gasteiger charge is 2.05. The summed E-state index contributed by atoms with van der Waals surface area (Å²) in [6.45, 7) is 2.24. The third-order valence-electron chi connectivity index (χ3n) is 1.48. The minimum Gasteiger partial charge on any atom is -0.332 e. The van der Waals surface area contributed by atoms with Gasteiger partial charge in [0.15, 0.2) is 0 Å². The number of rotatable bonds is 4. The van der Waals surface area contributed by atoms with E-state index in [1.54, 1.807) is 7.05 Å². The first-order valence-corrected chi connectivity index (χ1v) is 3.83. The van der Waals surface area contributed by atoms with E-state index < -0.39 is 0 Å². The lowest BCUT2D eigenvalue weighted by Crippen LogP contribution is -2.26. The highest BCUT2D eigenvalue weighted by atomic mass is 16.2. The van der Waals surface area contributed by atoms with E-state index in [0.717, 1.165) is 12.8 Å². The van der Waals surface area contributed by atoms with Crippen molar-refractivity contribution in [1.29, 1.82) is 5.26 Å². The summed E-state index contributed by atoms with van der Waals surface area (Å²) < 4.78 is 0. The van der Waals surface area contributed by atoms with E-state index in [1.807, 2.05) is 13.0 Å². The summed E-state index contributed by atoms with van der Waals surface area (Å²) in [5.41, 5.74) is 0. The van der Waals surface area contributed by atoms with Crippen LogP contribution in [0.2, 0.25) is 0 Å². The summed E-state index contributed by atoms with van der Waals surface area (Å²) in [6.07, 6.45) is 2.50. The molecule has 0 aromatic carbocycles. The Kier molecular flexibility index (Phi) is 5.18. The first kappa shape index (κ1) is 9.96. The smallest absolute Gasteiger partial charge is 0.223 e. The molecule has 62 valence electrons. The molecule has 0 fully saturated rings. The number of hydrogen-bond acceptors (Lipinski definition) is 2. The van der Waals surface area contributed by atoms with Gasteiger partial charge in [0.2, 0.25) is 5.91 Å². The number of nitrogens with zero attached hydrogens (tertiary/aromatic N) is 2. The molecule has 0 heterocycles. The Hall–Kier alpha value is -1.04. The summed E-state index contributed by atoms with van der Waals surface area (Å²) in [6, 6.07) is 1.93. The average Bonchev–Trinajstić information content (AvgIpc) is 2.00. The van der Waals surface area contributed by atoms with E-state index in [-0.39, 0.29) is 12.5 Å². The van der Waals surface area contributed by atoms with Gasteiger partial charge in [-0.25, -0.2) is 0 Å². The van der Waals surface area contributed by atoms with Gasteiger partial charge in [0.05, 0.1) is 6.07 Å². The van der Waals surface area contributed by atoms with Crippen molar-refractivity contribution in [2.75, 3.05) is 13.6 Å². The Bertz CT molecular complexity index is 160. The van der Waals surface area contributed by atoms with Crippen LogP contribution in [-0.2, 0) is 4.79 Å². The van der Waals surface area contributed by atoms with Crippen LogP contribution in [0, 0.1) is 11.3 Å². The van der Waals surface area contributed by atoms with Crippen LogP contribution >= 0.6 is 0 Å². The van der Waals surface area contributed by atoms with Crippen LogP contribution in [0.4, 0.5) is 0 Å². The maximum atomic E-state index is 11.1. The molecular weight excluding hydrogens is 140 g/mol. The minimum atomic E-state index is 0.0633. The largest absolute Gasteiger partial charge is 0.332 e. The van der Waals surface area contributed by atoms with Crippen LogP contribution in [0.5, 0.6) is 0 Å². The van der Waals surface area contributed by atoms with Crippen LogP contribution in [-0.4, -0.2) is 24.4 Å². The Labute approximate surface area is 67.6 Å². The predicted molar refractivity (Wildman–Crippen MR) is 42.8 cm³/mol. The van der Waals surface area contributed by atoms with Crippen molar-refractivity contribution in [2.45, 2.75) is 26.2 Å². The van der Waals surface area contributed by atoms with E-state index in [1.165, 1.54) is 4.90 Å². The van der Waals surface area contributed by atoms with Gasteiger partial charge in [-0.1, -0.05) is 13.3 Å². The molecule has 0 aliphatic rings. The number of carbonyl (C=O) groups is 1. The SMILES string of the molecule is CCCCC(=O)N(C)CC#N. The molecule has 0 saturated heterocycles. The standard InChI is InChI=1S/C8H14N2O/c1-3-4-5-8(11)10(2)7-6-9/h3-5,7H2,1-2H3. The van der Waals surface area contributed by atoms with Crippen molar-refractivity contribution < 1.29 is 4.79 Å². The maximum absolute atomic E-state index is 11.1. The van der Waals surface area contributed by atoms with Gasteiger partial charge in [-0.3, -0.25) is 4.79 Å². The molecule has 0 saturated carbocycles. The van der Waals surface area contributed by atoms with E-state index in [4.69, 9.17) is 5.26 Å². The van der Waals surface area contributed by atoms with E-state index in [2.05, 4.69) is 0 Å². The summed E-state index contributed by atoms with van der Waals surface area (Å²) in [5, 5.41) is 8.27. The lowest BCUT2D eigenvalue weighted by atomic mass is 10.2. The Morgan fingerprint density at radius 1 is 1.64 bits per heavy atom. The second kappa shape index (κ2) is 5.72. The van der Waals surface area contributed by atoms with E-state index in [0.29, 0.717) is 6.42 Å². The fraction of sp³-hybridized carbons (Fsp3) is 0.750. The lowest BCUT2D eigenvalue weighted by Gasteiger charge is -2.11. The van der Waals surface area contributed by atoms with Crippen molar-refractivity contribution in [2.24, 2.45) is 0 Å². The van der Waals surface area contributed by atoms with Crippen LogP contribution in [0.25, 0.3) is 0 Å². The average molecular weight is 154 g/mol. The van der Waals surface area contributed by atoms with Gasteiger partial charge in [0, 0.05) is 13.5 Å².